The van der Waals surface area contributed by atoms with Crippen LogP contribution in [0.1, 0.15) is 63.5 Å². The van der Waals surface area contributed by atoms with E-state index in [2.05, 4.69) is 12.2 Å². The van der Waals surface area contributed by atoms with Crippen LogP contribution in [0, 0.1) is 11.7 Å². The van der Waals surface area contributed by atoms with Crippen LogP contribution in [0.4, 0.5) is 4.39 Å². The van der Waals surface area contributed by atoms with E-state index in [9.17, 15) is 4.39 Å². The molecule has 1 N–H and O–H groups in total. The van der Waals surface area contributed by atoms with Crippen molar-refractivity contribution in [3.05, 3.63) is 35.6 Å². The van der Waals surface area contributed by atoms with Gasteiger partial charge in [-0.05, 0) is 43.0 Å². The van der Waals surface area contributed by atoms with E-state index in [0.717, 1.165) is 18.9 Å². The van der Waals surface area contributed by atoms with Crippen LogP contribution in [0.15, 0.2) is 24.3 Å². The van der Waals surface area contributed by atoms with Crippen molar-refractivity contribution in [1.82, 2.24) is 5.32 Å². The third-order valence-electron chi connectivity index (χ3n) is 4.35. The Morgan fingerprint density at radius 1 is 1.16 bits per heavy atom. The molecule has 0 amide bonds. The molecule has 1 nitrogen and oxygen atoms in total. The smallest absolute Gasteiger partial charge is 0.123 e. The van der Waals surface area contributed by atoms with Crippen molar-refractivity contribution >= 4 is 0 Å². The van der Waals surface area contributed by atoms with Crippen LogP contribution in [0.2, 0.25) is 0 Å². The molecule has 2 heteroatoms. The second-order valence-corrected chi connectivity index (χ2v) is 5.76. The van der Waals surface area contributed by atoms with Crippen LogP contribution in [0.3, 0.4) is 0 Å². The Morgan fingerprint density at radius 3 is 2.47 bits per heavy atom. The normalized spacial score (nSPS) is 18.4. The highest BCUT2D eigenvalue weighted by atomic mass is 19.1. The Bertz CT molecular complexity index is 354. The highest BCUT2D eigenvalue weighted by Gasteiger charge is 2.14. The molecule has 1 aliphatic carbocycles. The average Bonchev–Trinajstić information content (AvgIpc) is 2.46. The zero-order valence-electron chi connectivity index (χ0n) is 12.0. The van der Waals surface area contributed by atoms with Crippen LogP contribution in [-0.4, -0.2) is 6.54 Å². The molecular weight excluding hydrogens is 237 g/mol. The molecule has 1 aliphatic rings. The van der Waals surface area contributed by atoms with E-state index in [0.29, 0.717) is 6.04 Å². The quantitative estimate of drug-likeness (QED) is 0.774. The number of rotatable bonds is 6. The largest absolute Gasteiger partial charge is 0.310 e. The molecule has 1 saturated carbocycles. The Labute approximate surface area is 116 Å². The summed E-state index contributed by atoms with van der Waals surface area (Å²) in [5.41, 5.74) is 1.20. The van der Waals surface area contributed by atoms with Crippen molar-refractivity contribution < 1.29 is 4.39 Å². The van der Waals surface area contributed by atoms with Gasteiger partial charge in [-0.1, -0.05) is 51.2 Å². The SMILES string of the molecule is CCC(NCCC1CCCCC1)c1ccc(F)cc1. The molecule has 19 heavy (non-hydrogen) atoms. The maximum Gasteiger partial charge on any atom is 0.123 e. The van der Waals surface area contributed by atoms with Gasteiger partial charge < -0.3 is 5.32 Å². The average molecular weight is 263 g/mol. The number of nitrogens with one attached hydrogen (secondary N) is 1. The van der Waals surface area contributed by atoms with Crippen molar-refractivity contribution in [3.63, 3.8) is 0 Å². The van der Waals surface area contributed by atoms with Crippen molar-refractivity contribution in [2.75, 3.05) is 6.54 Å². The molecule has 1 unspecified atom stereocenters. The molecule has 0 aromatic heterocycles. The fourth-order valence-electron chi connectivity index (χ4n) is 3.13. The second kappa shape index (κ2) is 7.64. The Kier molecular flexibility index (Phi) is 5.84. The molecule has 1 fully saturated rings. The monoisotopic (exact) mass is 263 g/mol. The predicted octanol–water partition coefficient (Wildman–Crippen LogP) is 4.84. The summed E-state index contributed by atoms with van der Waals surface area (Å²) < 4.78 is 12.9. The minimum absolute atomic E-state index is 0.152. The van der Waals surface area contributed by atoms with Crippen LogP contribution < -0.4 is 5.32 Å². The van der Waals surface area contributed by atoms with Crippen molar-refractivity contribution in [1.29, 1.82) is 0 Å². The van der Waals surface area contributed by atoms with Gasteiger partial charge in [0.25, 0.3) is 0 Å². The van der Waals surface area contributed by atoms with Gasteiger partial charge in [0.1, 0.15) is 5.82 Å². The summed E-state index contributed by atoms with van der Waals surface area (Å²) >= 11 is 0. The Hall–Kier alpha value is -0.890. The Balaban J connectivity index is 1.77. The van der Waals surface area contributed by atoms with Crippen LogP contribution in [0.5, 0.6) is 0 Å². The van der Waals surface area contributed by atoms with E-state index in [1.807, 2.05) is 12.1 Å². The lowest BCUT2D eigenvalue weighted by Crippen LogP contribution is -2.24. The fraction of sp³-hybridized carbons (Fsp3) is 0.647. The van der Waals surface area contributed by atoms with E-state index in [4.69, 9.17) is 0 Å². The summed E-state index contributed by atoms with van der Waals surface area (Å²) in [6, 6.07) is 7.28. The molecule has 0 saturated heterocycles. The lowest BCUT2D eigenvalue weighted by molar-refractivity contribution is 0.327. The maximum atomic E-state index is 12.9. The van der Waals surface area contributed by atoms with Gasteiger partial charge in [0.15, 0.2) is 0 Å². The summed E-state index contributed by atoms with van der Waals surface area (Å²) in [6.07, 6.45) is 9.43. The molecule has 0 bridgehead atoms. The molecule has 106 valence electrons. The van der Waals surface area contributed by atoms with Gasteiger partial charge in [-0.3, -0.25) is 0 Å². The summed E-state index contributed by atoms with van der Waals surface area (Å²) in [5.74, 6) is 0.771. The molecule has 1 aromatic rings. The molecule has 0 aliphatic heterocycles. The molecule has 2 rings (SSSR count). The lowest BCUT2D eigenvalue weighted by Gasteiger charge is -2.23. The van der Waals surface area contributed by atoms with E-state index in [1.165, 1.54) is 44.1 Å². The minimum atomic E-state index is -0.152. The number of hydrogen-bond acceptors (Lipinski definition) is 1. The summed E-state index contributed by atoms with van der Waals surface area (Å²) in [6.45, 7) is 3.27. The zero-order valence-corrected chi connectivity index (χ0v) is 12.0. The third kappa shape index (κ3) is 4.61. The van der Waals surface area contributed by atoms with Gasteiger partial charge in [-0.2, -0.15) is 0 Å². The van der Waals surface area contributed by atoms with Gasteiger partial charge >= 0.3 is 0 Å². The van der Waals surface area contributed by atoms with Crippen LogP contribution >= 0.6 is 0 Å². The van der Waals surface area contributed by atoms with Crippen molar-refractivity contribution in [2.24, 2.45) is 5.92 Å². The van der Waals surface area contributed by atoms with Crippen molar-refractivity contribution in [2.45, 2.75) is 57.9 Å². The van der Waals surface area contributed by atoms with Crippen LogP contribution in [-0.2, 0) is 0 Å². The second-order valence-electron chi connectivity index (χ2n) is 5.76. The number of benzene rings is 1. The van der Waals surface area contributed by atoms with E-state index >= 15 is 0 Å². The standard InChI is InChI=1S/C17H26FN/c1-2-17(15-8-10-16(18)11-9-15)19-13-12-14-6-4-3-5-7-14/h8-11,14,17,19H,2-7,12-13H2,1H3. The maximum absolute atomic E-state index is 12.9. The molecule has 1 aromatic carbocycles. The molecular formula is C17H26FN. The highest BCUT2D eigenvalue weighted by Crippen LogP contribution is 2.26. The Morgan fingerprint density at radius 2 is 1.84 bits per heavy atom. The van der Waals surface area contributed by atoms with Crippen LogP contribution in [0.25, 0.3) is 0 Å². The number of halogens is 1. The zero-order chi connectivity index (χ0) is 13.5. The molecule has 0 radical (unpaired) electrons. The van der Waals surface area contributed by atoms with E-state index < -0.39 is 0 Å². The first-order chi connectivity index (χ1) is 9.29. The predicted molar refractivity (Wildman–Crippen MR) is 78.6 cm³/mol. The van der Waals surface area contributed by atoms with Gasteiger partial charge in [-0.25, -0.2) is 4.39 Å². The summed E-state index contributed by atoms with van der Waals surface area (Å²) in [7, 11) is 0. The first-order valence-electron chi connectivity index (χ1n) is 7.78. The van der Waals surface area contributed by atoms with Gasteiger partial charge in [0, 0.05) is 6.04 Å². The van der Waals surface area contributed by atoms with E-state index in [1.54, 1.807) is 12.1 Å². The summed E-state index contributed by atoms with van der Waals surface area (Å²) in [5, 5.41) is 3.63. The summed E-state index contributed by atoms with van der Waals surface area (Å²) in [4.78, 5) is 0. The van der Waals surface area contributed by atoms with Gasteiger partial charge in [0.05, 0.1) is 0 Å². The van der Waals surface area contributed by atoms with E-state index in [-0.39, 0.29) is 5.82 Å². The topological polar surface area (TPSA) is 12.0 Å². The highest BCUT2D eigenvalue weighted by molar-refractivity contribution is 5.19. The fourth-order valence-corrected chi connectivity index (χ4v) is 3.13. The third-order valence-corrected chi connectivity index (χ3v) is 4.35. The first kappa shape index (κ1) is 14.5. The number of hydrogen-bond donors (Lipinski definition) is 1. The molecule has 1 atom stereocenters. The van der Waals surface area contributed by atoms with Crippen molar-refractivity contribution in [3.8, 4) is 0 Å². The molecule has 0 spiro atoms. The first-order valence-corrected chi connectivity index (χ1v) is 7.78. The molecule has 0 heterocycles. The lowest BCUT2D eigenvalue weighted by atomic mass is 9.87. The van der Waals surface area contributed by atoms with Gasteiger partial charge in [0.2, 0.25) is 0 Å². The van der Waals surface area contributed by atoms with Gasteiger partial charge in [-0.15, -0.1) is 0 Å². The minimum Gasteiger partial charge on any atom is -0.310 e.